The van der Waals surface area contributed by atoms with Gasteiger partial charge in [0.25, 0.3) is 0 Å². The summed E-state index contributed by atoms with van der Waals surface area (Å²) in [5.74, 6) is 0. The van der Waals surface area contributed by atoms with Gasteiger partial charge in [0.15, 0.2) is 6.29 Å². The van der Waals surface area contributed by atoms with E-state index in [0.717, 1.165) is 39.0 Å². The Kier molecular flexibility index (Phi) is 3.71. The number of carbonyl (C=O) groups is 1. The van der Waals surface area contributed by atoms with E-state index in [-0.39, 0.29) is 0 Å². The maximum atomic E-state index is 11.8. The minimum Gasteiger partial charge on any atom is -0.399 e. The number of anilines is 1. The van der Waals surface area contributed by atoms with Crippen LogP contribution in [0.25, 0.3) is 21.5 Å². The van der Waals surface area contributed by atoms with Crippen molar-refractivity contribution in [3.63, 3.8) is 0 Å². The summed E-state index contributed by atoms with van der Waals surface area (Å²) in [7, 11) is 0. The number of hydrogen-bond acceptors (Lipinski definition) is 3. The Morgan fingerprint density at radius 2 is 1.36 bits per heavy atom. The van der Waals surface area contributed by atoms with Crippen molar-refractivity contribution in [3.8, 4) is 0 Å². The Morgan fingerprint density at radius 1 is 0.800 bits per heavy atom. The van der Waals surface area contributed by atoms with Crippen LogP contribution in [0.1, 0.15) is 27.6 Å². The number of aliphatic hydroxyl groups excluding tert-OH is 1. The standard InChI is InChI=1S/C22H17NO2/c23-15-7-5-6-14(12-15)22(25)21-18-10-3-1-8-16(18)20(13-24)17-9-2-4-11-19(17)21/h1-13,22,25H,23H2. The van der Waals surface area contributed by atoms with Crippen LogP contribution in [0.2, 0.25) is 0 Å². The molecule has 3 N–H and O–H groups in total. The van der Waals surface area contributed by atoms with Crippen molar-refractivity contribution in [2.75, 3.05) is 5.73 Å². The fourth-order valence-electron chi connectivity index (χ4n) is 3.51. The molecule has 3 heteroatoms. The van der Waals surface area contributed by atoms with Gasteiger partial charge in [0, 0.05) is 16.8 Å². The lowest BCUT2D eigenvalue weighted by Crippen LogP contribution is -2.04. The topological polar surface area (TPSA) is 63.3 Å². The van der Waals surface area contributed by atoms with Crippen molar-refractivity contribution >= 4 is 33.5 Å². The van der Waals surface area contributed by atoms with E-state index >= 15 is 0 Å². The van der Waals surface area contributed by atoms with E-state index < -0.39 is 6.10 Å². The summed E-state index contributed by atoms with van der Waals surface area (Å²) in [6.07, 6.45) is 0.0560. The molecule has 0 heterocycles. The molecule has 1 atom stereocenters. The van der Waals surface area contributed by atoms with Gasteiger partial charge >= 0.3 is 0 Å². The second-order valence-corrected chi connectivity index (χ2v) is 6.11. The van der Waals surface area contributed by atoms with Gasteiger partial charge in [-0.1, -0.05) is 60.7 Å². The summed E-state index contributed by atoms with van der Waals surface area (Å²) < 4.78 is 0. The number of fused-ring (bicyclic) bond motifs is 2. The van der Waals surface area contributed by atoms with Crippen LogP contribution in [0.15, 0.2) is 72.8 Å². The molecule has 122 valence electrons. The van der Waals surface area contributed by atoms with E-state index in [9.17, 15) is 9.90 Å². The van der Waals surface area contributed by atoms with E-state index in [1.165, 1.54) is 0 Å². The van der Waals surface area contributed by atoms with E-state index in [0.29, 0.717) is 11.3 Å². The molecule has 0 spiro atoms. The second-order valence-electron chi connectivity index (χ2n) is 6.11. The highest BCUT2D eigenvalue weighted by Gasteiger charge is 2.20. The fraction of sp³-hybridized carbons (Fsp3) is 0.0455. The van der Waals surface area contributed by atoms with Crippen LogP contribution in [0, 0.1) is 0 Å². The Bertz CT molecular complexity index is 1040. The third kappa shape index (κ3) is 2.46. The summed E-state index contributed by atoms with van der Waals surface area (Å²) in [6.45, 7) is 0. The first-order chi connectivity index (χ1) is 12.2. The average molecular weight is 327 g/mol. The van der Waals surface area contributed by atoms with Crippen molar-refractivity contribution in [1.82, 2.24) is 0 Å². The lowest BCUT2D eigenvalue weighted by atomic mass is 9.87. The summed E-state index contributed by atoms with van der Waals surface area (Å²) in [6, 6.07) is 22.6. The molecule has 0 aliphatic heterocycles. The first-order valence-electron chi connectivity index (χ1n) is 8.12. The number of rotatable bonds is 3. The highest BCUT2D eigenvalue weighted by molar-refractivity contribution is 6.14. The van der Waals surface area contributed by atoms with Gasteiger partial charge in [-0.15, -0.1) is 0 Å². The number of aliphatic hydroxyl groups is 1. The zero-order chi connectivity index (χ0) is 17.4. The van der Waals surface area contributed by atoms with Crippen molar-refractivity contribution in [2.24, 2.45) is 0 Å². The van der Waals surface area contributed by atoms with Crippen LogP contribution < -0.4 is 5.73 Å². The SMILES string of the molecule is Nc1cccc(C(O)c2c3ccccc3c(C=O)c3ccccc23)c1. The molecule has 0 aromatic heterocycles. The van der Waals surface area contributed by atoms with Crippen LogP contribution in [-0.2, 0) is 0 Å². The highest BCUT2D eigenvalue weighted by Crippen LogP contribution is 2.38. The molecule has 3 nitrogen and oxygen atoms in total. The summed E-state index contributed by atoms with van der Waals surface area (Å²) >= 11 is 0. The van der Waals surface area contributed by atoms with Gasteiger partial charge < -0.3 is 10.8 Å². The van der Waals surface area contributed by atoms with E-state index in [2.05, 4.69) is 0 Å². The van der Waals surface area contributed by atoms with E-state index in [1.807, 2.05) is 60.7 Å². The Balaban J connectivity index is 2.13. The molecule has 0 bridgehead atoms. The van der Waals surface area contributed by atoms with Gasteiger partial charge in [-0.2, -0.15) is 0 Å². The second kappa shape index (κ2) is 6.04. The predicted octanol–water partition coefficient (Wildman–Crippen LogP) is 4.47. The monoisotopic (exact) mass is 327 g/mol. The van der Waals surface area contributed by atoms with Crippen LogP contribution in [0.3, 0.4) is 0 Å². The van der Waals surface area contributed by atoms with Gasteiger partial charge in [0.05, 0.1) is 0 Å². The zero-order valence-corrected chi connectivity index (χ0v) is 13.5. The fourth-order valence-corrected chi connectivity index (χ4v) is 3.51. The Hall–Kier alpha value is -3.17. The third-order valence-electron chi connectivity index (χ3n) is 4.63. The Labute approximate surface area is 145 Å². The molecule has 0 saturated carbocycles. The molecule has 4 aromatic carbocycles. The molecule has 25 heavy (non-hydrogen) atoms. The quantitative estimate of drug-likeness (QED) is 0.331. The number of nitrogens with two attached hydrogens (primary N) is 1. The van der Waals surface area contributed by atoms with Gasteiger partial charge in [0.1, 0.15) is 6.10 Å². The van der Waals surface area contributed by atoms with Gasteiger partial charge in [-0.25, -0.2) is 0 Å². The molecule has 1 unspecified atom stereocenters. The number of benzene rings is 4. The van der Waals surface area contributed by atoms with Crippen molar-refractivity contribution < 1.29 is 9.90 Å². The summed E-state index contributed by atoms with van der Waals surface area (Å²) in [5, 5.41) is 14.6. The van der Waals surface area contributed by atoms with Crippen LogP contribution in [0.5, 0.6) is 0 Å². The molecular formula is C22H17NO2. The lowest BCUT2D eigenvalue weighted by molar-refractivity contribution is 0.112. The van der Waals surface area contributed by atoms with Crippen LogP contribution in [-0.4, -0.2) is 11.4 Å². The first-order valence-corrected chi connectivity index (χ1v) is 8.12. The van der Waals surface area contributed by atoms with Crippen molar-refractivity contribution in [1.29, 1.82) is 0 Å². The minimum absolute atomic E-state index is 0.606. The molecule has 0 fully saturated rings. The maximum Gasteiger partial charge on any atom is 0.151 e. The lowest BCUT2D eigenvalue weighted by Gasteiger charge is -2.19. The highest BCUT2D eigenvalue weighted by atomic mass is 16.3. The van der Waals surface area contributed by atoms with Crippen molar-refractivity contribution in [3.05, 3.63) is 89.5 Å². The largest absolute Gasteiger partial charge is 0.399 e. The minimum atomic E-state index is -0.834. The maximum absolute atomic E-state index is 11.8. The molecule has 4 rings (SSSR count). The molecule has 0 radical (unpaired) electrons. The molecule has 0 amide bonds. The summed E-state index contributed by atoms with van der Waals surface area (Å²) in [4.78, 5) is 11.8. The van der Waals surface area contributed by atoms with Crippen LogP contribution in [0.4, 0.5) is 5.69 Å². The smallest absolute Gasteiger partial charge is 0.151 e. The van der Waals surface area contributed by atoms with E-state index in [4.69, 9.17) is 5.73 Å². The van der Waals surface area contributed by atoms with Gasteiger partial charge in [0.2, 0.25) is 0 Å². The molecule has 0 saturated heterocycles. The molecule has 4 aromatic rings. The number of nitrogen functional groups attached to an aromatic ring is 1. The van der Waals surface area contributed by atoms with Gasteiger partial charge in [-0.3, -0.25) is 4.79 Å². The first kappa shape index (κ1) is 15.4. The number of carbonyl (C=O) groups excluding carboxylic acids is 1. The summed E-state index contributed by atoms with van der Waals surface area (Å²) in [5.41, 5.74) is 8.67. The van der Waals surface area contributed by atoms with Crippen LogP contribution >= 0.6 is 0 Å². The molecular weight excluding hydrogens is 310 g/mol. The van der Waals surface area contributed by atoms with Gasteiger partial charge in [-0.05, 0) is 39.2 Å². The number of aldehydes is 1. The predicted molar refractivity (Wildman–Crippen MR) is 102 cm³/mol. The van der Waals surface area contributed by atoms with Crippen molar-refractivity contribution in [2.45, 2.75) is 6.10 Å². The number of hydrogen-bond donors (Lipinski definition) is 2. The molecule has 0 aliphatic rings. The average Bonchev–Trinajstić information content (AvgIpc) is 2.65. The third-order valence-corrected chi connectivity index (χ3v) is 4.63. The molecule has 0 aliphatic carbocycles. The normalized spacial score (nSPS) is 12.4. The van der Waals surface area contributed by atoms with E-state index in [1.54, 1.807) is 12.1 Å². The Morgan fingerprint density at radius 3 is 1.88 bits per heavy atom. The zero-order valence-electron chi connectivity index (χ0n) is 13.5.